The zero-order valence-corrected chi connectivity index (χ0v) is 57.0. The van der Waals surface area contributed by atoms with Gasteiger partial charge in [0.15, 0.2) is 0 Å². The standard InChI is InChI=1S/C67H100N10O17/c1-16-40(8)58(50(92-14)35-54(81)76-31-20-23-49(76)60(93-15)41(9)61(85)68-42(10)59(84)45-21-18-17-19-22-45)74(12)66(90)56(38(4)5)73-65(89)57(39(6)7)75(13)67(91)94-36-44-24-26-46(27-25-44)70-64(88)48(34-55(82)83)72-62(86)43(11)69-63(87)47(33-37(2)3)71-51(78)30-32-77-52(79)28-29-53(77)80/h17-19,21-22,24-29,37-43,47-50,56-60,84H,16,20,23,30-36H2,1-15H3,(H,68,85)(H,69,87)(H,70,88)(H,71,78)(H,72,86)(H,73,89)(H,82,83)/t40-,41+,42+,43-,47+,48-,49-,50+,56-,57-,58-,59+,60+/m0/s1. The maximum Gasteiger partial charge on any atom is 0.410 e. The summed E-state index contributed by atoms with van der Waals surface area (Å²) in [6.07, 6.45) is -0.347. The SMILES string of the molecule is CC[C@H](C)[C@@H]([C@@H](CC(=O)N1CCC[C@H]1[C@H](OC)[C@@H](C)C(=O)N[C@H](C)[C@@H](O)c1ccccc1)OC)N(C)C(=O)[C@@H](NC(=O)[C@H](C(C)C)N(C)C(=O)OCc1ccc(NC(=O)[C@H](CC(=O)O)NC(=O)[C@H](C)NC(=O)[C@@H](CC(C)C)NC(=O)CCN2C(=O)C=CC2=O)cc1)C(C)C. The Morgan fingerprint density at radius 3 is 1.87 bits per heavy atom. The summed E-state index contributed by atoms with van der Waals surface area (Å²) in [6.45, 7) is 19.2. The molecule has 8 N–H and O–H groups in total. The molecule has 1 fully saturated rings. The van der Waals surface area contributed by atoms with E-state index in [1.165, 1.54) is 57.4 Å². The van der Waals surface area contributed by atoms with Crippen LogP contribution in [0.1, 0.15) is 138 Å². The average molecular weight is 1320 g/mol. The van der Waals surface area contributed by atoms with E-state index in [4.69, 9.17) is 14.2 Å². The number of carbonyl (C=O) groups is 12. The number of amides is 11. The Morgan fingerprint density at radius 1 is 0.691 bits per heavy atom. The number of likely N-dealkylation sites (tertiary alicyclic amines) is 1. The smallest absolute Gasteiger partial charge is 0.410 e. The van der Waals surface area contributed by atoms with Crippen molar-refractivity contribution in [2.45, 2.75) is 194 Å². The zero-order valence-electron chi connectivity index (χ0n) is 57.0. The van der Waals surface area contributed by atoms with Gasteiger partial charge in [-0.25, -0.2) is 4.79 Å². The van der Waals surface area contributed by atoms with Crippen LogP contribution in [0.3, 0.4) is 0 Å². The summed E-state index contributed by atoms with van der Waals surface area (Å²) in [6, 6.07) is 7.00. The number of anilines is 1. The van der Waals surface area contributed by atoms with Gasteiger partial charge < -0.3 is 66.1 Å². The Morgan fingerprint density at radius 2 is 1.32 bits per heavy atom. The van der Waals surface area contributed by atoms with Crippen molar-refractivity contribution in [3.8, 4) is 0 Å². The number of hydrogen-bond acceptors (Lipinski definition) is 16. The van der Waals surface area contributed by atoms with Crippen LogP contribution in [0.4, 0.5) is 10.5 Å². The van der Waals surface area contributed by atoms with Crippen LogP contribution < -0.4 is 31.9 Å². The molecule has 2 aromatic rings. The molecule has 94 heavy (non-hydrogen) atoms. The lowest BCUT2D eigenvalue weighted by Gasteiger charge is -2.41. The fourth-order valence-corrected chi connectivity index (χ4v) is 11.7. The minimum atomic E-state index is -1.62. The topological polar surface area (TPSA) is 358 Å². The van der Waals surface area contributed by atoms with E-state index in [0.717, 1.165) is 22.0 Å². The number of hydrogen-bond donors (Lipinski definition) is 8. The second-order valence-electron chi connectivity index (χ2n) is 25.6. The molecule has 1 saturated heterocycles. The van der Waals surface area contributed by atoms with Gasteiger partial charge in [-0.15, -0.1) is 0 Å². The lowest BCUT2D eigenvalue weighted by atomic mass is 9.89. The third kappa shape index (κ3) is 22.2. The largest absolute Gasteiger partial charge is 0.481 e. The molecule has 2 aliphatic heterocycles. The van der Waals surface area contributed by atoms with E-state index in [0.29, 0.717) is 36.9 Å². The number of methoxy groups -OCH3 is 2. The lowest BCUT2D eigenvalue weighted by molar-refractivity contribution is -0.148. The molecule has 2 aromatic carbocycles. The summed E-state index contributed by atoms with van der Waals surface area (Å²) in [5.41, 5.74) is 1.29. The van der Waals surface area contributed by atoms with Crippen molar-refractivity contribution in [2.24, 2.45) is 29.6 Å². The number of carbonyl (C=O) groups excluding carboxylic acids is 11. The Kier molecular flexibility index (Phi) is 30.7. The first kappa shape index (κ1) is 78.1. The van der Waals surface area contributed by atoms with Crippen LogP contribution in [-0.2, 0) is 73.6 Å². The second-order valence-corrected chi connectivity index (χ2v) is 25.6. The Hall–Kier alpha value is -8.30. The summed E-state index contributed by atoms with van der Waals surface area (Å²) in [7, 11) is 6.00. The van der Waals surface area contributed by atoms with Gasteiger partial charge in [0.2, 0.25) is 47.3 Å². The maximum atomic E-state index is 14.8. The fourth-order valence-electron chi connectivity index (χ4n) is 11.7. The number of imide groups is 1. The minimum absolute atomic E-state index is 0.103. The van der Waals surface area contributed by atoms with Gasteiger partial charge in [-0.2, -0.15) is 0 Å². The molecule has 0 unspecified atom stereocenters. The van der Waals surface area contributed by atoms with E-state index in [-0.39, 0.29) is 61.8 Å². The van der Waals surface area contributed by atoms with Crippen LogP contribution >= 0.6 is 0 Å². The van der Waals surface area contributed by atoms with E-state index in [9.17, 15) is 67.7 Å². The van der Waals surface area contributed by atoms with Crippen LogP contribution in [0.5, 0.6) is 0 Å². The van der Waals surface area contributed by atoms with Crippen molar-refractivity contribution in [3.63, 3.8) is 0 Å². The fraction of sp³-hybridized carbons (Fsp3) is 0.612. The first-order valence-electron chi connectivity index (χ1n) is 32.2. The highest BCUT2D eigenvalue weighted by Crippen LogP contribution is 2.31. The van der Waals surface area contributed by atoms with Gasteiger partial charge >= 0.3 is 12.1 Å². The lowest BCUT2D eigenvalue weighted by Crippen LogP contribution is -2.60. The molecule has 520 valence electrons. The van der Waals surface area contributed by atoms with Gasteiger partial charge in [0.05, 0.1) is 55.2 Å². The highest BCUT2D eigenvalue weighted by Gasteiger charge is 2.44. The van der Waals surface area contributed by atoms with Crippen molar-refractivity contribution >= 4 is 76.8 Å². The molecule has 27 heteroatoms. The van der Waals surface area contributed by atoms with Crippen LogP contribution in [0.25, 0.3) is 0 Å². The Labute approximate surface area is 551 Å². The first-order valence-corrected chi connectivity index (χ1v) is 32.2. The monoisotopic (exact) mass is 1320 g/mol. The number of nitrogens with one attached hydrogen (secondary N) is 6. The van der Waals surface area contributed by atoms with Crippen molar-refractivity contribution in [2.75, 3.05) is 46.7 Å². The van der Waals surface area contributed by atoms with Gasteiger partial charge in [0.25, 0.3) is 11.8 Å². The van der Waals surface area contributed by atoms with Crippen LogP contribution in [0.15, 0.2) is 66.7 Å². The number of benzene rings is 2. The average Bonchev–Trinajstić information content (AvgIpc) is 1.36. The number of aliphatic hydroxyl groups is 1. The van der Waals surface area contributed by atoms with E-state index in [2.05, 4.69) is 31.9 Å². The summed E-state index contributed by atoms with van der Waals surface area (Å²) in [5, 5.41) is 36.4. The summed E-state index contributed by atoms with van der Waals surface area (Å²) in [5.74, 6) is -9.32. The minimum Gasteiger partial charge on any atom is -0.481 e. The van der Waals surface area contributed by atoms with Gasteiger partial charge in [0, 0.05) is 65.7 Å². The predicted molar refractivity (Wildman–Crippen MR) is 347 cm³/mol. The van der Waals surface area contributed by atoms with Crippen molar-refractivity contribution < 1.29 is 82.0 Å². The number of carboxylic acids is 1. The van der Waals surface area contributed by atoms with E-state index in [1.54, 1.807) is 79.5 Å². The molecule has 2 aliphatic rings. The molecule has 0 aromatic heterocycles. The predicted octanol–water partition coefficient (Wildman–Crippen LogP) is 3.83. The molecule has 13 atom stereocenters. The quantitative estimate of drug-likeness (QED) is 0.0449. The Balaban J connectivity index is 1.36. The summed E-state index contributed by atoms with van der Waals surface area (Å²) < 4.78 is 17.7. The third-order valence-corrected chi connectivity index (χ3v) is 17.2. The van der Waals surface area contributed by atoms with Gasteiger partial charge in [-0.1, -0.05) is 111 Å². The summed E-state index contributed by atoms with van der Waals surface area (Å²) >= 11 is 0. The third-order valence-electron chi connectivity index (χ3n) is 17.2. The van der Waals surface area contributed by atoms with E-state index >= 15 is 0 Å². The molecule has 11 amide bonds. The number of rotatable bonds is 36. The molecular formula is C67H100N10O17. The molecule has 0 radical (unpaired) electrons. The molecule has 0 bridgehead atoms. The van der Waals surface area contributed by atoms with Crippen molar-refractivity contribution in [1.29, 1.82) is 0 Å². The van der Waals surface area contributed by atoms with Gasteiger partial charge in [-0.3, -0.25) is 62.5 Å². The number of carboxylic acid groups (broad SMARTS) is 1. The molecule has 2 heterocycles. The number of aliphatic hydroxyl groups excluding tert-OH is 1. The first-order chi connectivity index (χ1) is 44.3. The van der Waals surface area contributed by atoms with Gasteiger partial charge in [0.1, 0.15) is 36.8 Å². The maximum absolute atomic E-state index is 14.8. The van der Waals surface area contributed by atoms with Crippen LogP contribution in [0, 0.1) is 29.6 Å². The van der Waals surface area contributed by atoms with Crippen LogP contribution in [-0.4, -0.2) is 203 Å². The van der Waals surface area contributed by atoms with E-state index in [1.807, 2.05) is 32.0 Å². The highest BCUT2D eigenvalue weighted by molar-refractivity contribution is 6.13. The molecular weight excluding hydrogens is 1220 g/mol. The van der Waals surface area contributed by atoms with Crippen molar-refractivity contribution in [1.82, 2.24) is 46.2 Å². The number of nitrogens with zero attached hydrogens (tertiary/aromatic N) is 4. The molecule has 0 aliphatic carbocycles. The van der Waals surface area contributed by atoms with Crippen molar-refractivity contribution in [3.05, 3.63) is 77.9 Å². The number of likely N-dealkylation sites (N-methyl/N-ethyl adjacent to an activating group) is 2. The van der Waals surface area contributed by atoms with E-state index < -0.39 is 150 Å². The normalized spacial score (nSPS) is 17.7. The number of ether oxygens (including phenoxy) is 3. The highest BCUT2D eigenvalue weighted by atomic mass is 16.6. The van der Waals surface area contributed by atoms with Crippen LogP contribution in [0.2, 0.25) is 0 Å². The van der Waals surface area contributed by atoms with Gasteiger partial charge in [-0.05, 0) is 80.0 Å². The molecule has 0 saturated carbocycles. The zero-order chi connectivity index (χ0) is 70.4. The molecule has 4 rings (SSSR count). The summed E-state index contributed by atoms with van der Waals surface area (Å²) in [4.78, 5) is 165. The number of aliphatic carboxylic acids is 1. The second kappa shape index (κ2) is 37.0. The Bertz CT molecular complexity index is 2960. The molecule has 27 nitrogen and oxygen atoms in total. The molecule has 0 spiro atoms.